The first kappa shape index (κ1) is 10.9. The highest BCUT2D eigenvalue weighted by Crippen LogP contribution is 2.48. The highest BCUT2D eigenvalue weighted by molar-refractivity contribution is 8.09. The molecule has 0 saturated carbocycles. The number of halogens is 2. The Labute approximate surface area is 88.1 Å². The third-order valence-corrected chi connectivity index (χ3v) is 3.40. The van der Waals surface area contributed by atoms with Gasteiger partial charge in [0.25, 0.3) is 0 Å². The van der Waals surface area contributed by atoms with Gasteiger partial charge in [-0.3, -0.25) is 0 Å². The average Bonchev–Trinajstić information content (AvgIpc) is 2.16. The average molecular weight is 239 g/mol. The fourth-order valence-corrected chi connectivity index (χ4v) is 2.27. The molecule has 0 radical (unpaired) electrons. The molecular weight excluding hydrogens is 230 g/mol. The van der Waals surface area contributed by atoms with Gasteiger partial charge in [-0.15, -0.1) is 0 Å². The van der Waals surface area contributed by atoms with E-state index in [1.807, 2.05) is 6.07 Å². The van der Waals surface area contributed by atoms with Crippen molar-refractivity contribution in [1.29, 1.82) is 0 Å². The Hall–Kier alpha value is -0.170. The molecule has 0 spiro atoms. The number of ether oxygens (including phenoxy) is 2. The molecule has 0 heterocycles. The van der Waals surface area contributed by atoms with Gasteiger partial charge < -0.3 is 9.47 Å². The van der Waals surface area contributed by atoms with E-state index in [0.29, 0.717) is 5.75 Å². The lowest BCUT2D eigenvalue weighted by Gasteiger charge is -2.09. The second-order valence-corrected chi connectivity index (χ2v) is 5.77. The molecule has 0 aliphatic heterocycles. The maximum atomic E-state index is 5.79. The van der Waals surface area contributed by atoms with Crippen LogP contribution in [0.25, 0.3) is 0 Å². The lowest BCUT2D eigenvalue weighted by Crippen LogP contribution is -2.01. The van der Waals surface area contributed by atoms with E-state index in [1.165, 1.54) is 0 Å². The summed E-state index contributed by atoms with van der Waals surface area (Å²) in [4.78, 5) is 0. The molecule has 72 valence electrons. The molecule has 5 heteroatoms. The third-order valence-electron chi connectivity index (χ3n) is 1.57. The predicted octanol–water partition coefficient (Wildman–Crippen LogP) is 3.12. The molecule has 1 aromatic rings. The van der Waals surface area contributed by atoms with Gasteiger partial charge >= 0.3 is 0 Å². The molecule has 0 saturated heterocycles. The van der Waals surface area contributed by atoms with Crippen LogP contribution in [-0.2, 0) is 0 Å². The second-order valence-electron chi connectivity index (χ2n) is 2.27. The van der Waals surface area contributed by atoms with Gasteiger partial charge in [-0.1, -0.05) is 22.5 Å². The normalized spacial score (nSPS) is 10.2. The number of methoxy groups -OCH3 is 2. The maximum absolute atomic E-state index is 5.79. The molecule has 0 aromatic heterocycles. The van der Waals surface area contributed by atoms with Crippen LogP contribution in [0.1, 0.15) is 0 Å². The molecule has 0 aliphatic carbocycles. The Kier molecular flexibility index (Phi) is 4.11. The van der Waals surface area contributed by atoms with E-state index in [1.54, 1.807) is 26.4 Å². The summed E-state index contributed by atoms with van der Waals surface area (Å²) in [6.07, 6.45) is 0. The van der Waals surface area contributed by atoms with Crippen molar-refractivity contribution in [3.8, 4) is 11.5 Å². The van der Waals surface area contributed by atoms with Gasteiger partial charge in [0, 0.05) is 11.4 Å². The van der Waals surface area contributed by atoms with Gasteiger partial charge in [0.15, 0.2) is 0 Å². The zero-order valence-electron chi connectivity index (χ0n) is 7.25. The van der Waals surface area contributed by atoms with Crippen molar-refractivity contribution in [1.82, 2.24) is 0 Å². The molecule has 0 N–H and O–H groups in total. The summed E-state index contributed by atoms with van der Waals surface area (Å²) >= 11 is 11.6. The lowest BCUT2D eigenvalue weighted by molar-refractivity contribution is 0.396. The fourth-order valence-electron chi connectivity index (χ4n) is 0.925. The number of rotatable bonds is 3. The first-order chi connectivity index (χ1) is 6.19. The van der Waals surface area contributed by atoms with Crippen LogP contribution >= 0.6 is 29.1 Å². The van der Waals surface area contributed by atoms with Crippen molar-refractivity contribution in [2.45, 2.75) is 0 Å². The number of benzene rings is 1. The standard InChI is InChI=1S/C8H9Cl2O2P/c1-11-6-3-4-8(13(9)10)7(5-6)12-2/h3-5H,1-2H3. The van der Waals surface area contributed by atoms with E-state index in [9.17, 15) is 0 Å². The SMILES string of the molecule is COc1ccc(P(Cl)Cl)c(OC)c1. The van der Waals surface area contributed by atoms with E-state index in [-0.39, 0.29) is 0 Å². The van der Waals surface area contributed by atoms with Gasteiger partial charge in [0.05, 0.1) is 14.2 Å². The van der Waals surface area contributed by atoms with Crippen LogP contribution < -0.4 is 14.8 Å². The first-order valence-electron chi connectivity index (χ1n) is 3.52. The second kappa shape index (κ2) is 4.90. The molecule has 0 aliphatic rings. The van der Waals surface area contributed by atoms with E-state index < -0.39 is 6.63 Å². The maximum Gasteiger partial charge on any atom is 0.132 e. The topological polar surface area (TPSA) is 18.5 Å². The molecule has 13 heavy (non-hydrogen) atoms. The van der Waals surface area contributed by atoms with Crippen LogP contribution in [0.15, 0.2) is 18.2 Å². The Morgan fingerprint density at radius 1 is 1.15 bits per heavy atom. The van der Waals surface area contributed by atoms with E-state index in [4.69, 9.17) is 32.0 Å². The summed E-state index contributed by atoms with van der Waals surface area (Å²) in [6.45, 7) is -1.18. The smallest absolute Gasteiger partial charge is 0.132 e. The monoisotopic (exact) mass is 238 g/mol. The highest BCUT2D eigenvalue weighted by Gasteiger charge is 2.11. The highest BCUT2D eigenvalue weighted by atomic mass is 35.9. The Bertz CT molecular complexity index is 291. The molecule has 1 rings (SSSR count). The molecular formula is C8H9Cl2O2P. The lowest BCUT2D eigenvalue weighted by atomic mass is 10.3. The summed E-state index contributed by atoms with van der Waals surface area (Å²) in [7, 11) is 3.17. The number of hydrogen-bond acceptors (Lipinski definition) is 2. The van der Waals surface area contributed by atoms with Crippen LogP contribution in [0, 0.1) is 0 Å². The van der Waals surface area contributed by atoms with E-state index in [2.05, 4.69) is 0 Å². The summed E-state index contributed by atoms with van der Waals surface area (Å²) in [5, 5.41) is 0.807. The van der Waals surface area contributed by atoms with Crippen LogP contribution in [0.4, 0.5) is 0 Å². The van der Waals surface area contributed by atoms with Crippen LogP contribution in [0.3, 0.4) is 0 Å². The van der Waals surface area contributed by atoms with Crippen LogP contribution in [0.2, 0.25) is 0 Å². The Morgan fingerprint density at radius 3 is 2.31 bits per heavy atom. The van der Waals surface area contributed by atoms with Crippen LogP contribution in [-0.4, -0.2) is 14.2 Å². The minimum atomic E-state index is -1.18. The Balaban J connectivity index is 3.08. The molecule has 1 aromatic carbocycles. The fraction of sp³-hybridized carbons (Fsp3) is 0.250. The van der Waals surface area contributed by atoms with Crippen molar-refractivity contribution in [2.24, 2.45) is 0 Å². The van der Waals surface area contributed by atoms with Crippen molar-refractivity contribution >= 4 is 34.4 Å². The summed E-state index contributed by atoms with van der Waals surface area (Å²) in [5.41, 5.74) is 0. The van der Waals surface area contributed by atoms with Gasteiger partial charge in [0.2, 0.25) is 0 Å². The summed E-state index contributed by atoms with van der Waals surface area (Å²) < 4.78 is 10.1. The predicted molar refractivity (Wildman–Crippen MR) is 57.8 cm³/mol. The van der Waals surface area contributed by atoms with Crippen LogP contribution in [0.5, 0.6) is 11.5 Å². The first-order valence-corrected chi connectivity index (χ1v) is 6.68. The summed E-state index contributed by atoms with van der Waals surface area (Å²) in [6, 6.07) is 5.37. The molecule has 0 amide bonds. The largest absolute Gasteiger partial charge is 0.497 e. The molecule has 0 atom stereocenters. The third kappa shape index (κ3) is 2.63. The number of hydrogen-bond donors (Lipinski definition) is 0. The van der Waals surface area contributed by atoms with Crippen molar-refractivity contribution in [2.75, 3.05) is 14.2 Å². The molecule has 0 fully saturated rings. The van der Waals surface area contributed by atoms with Crippen molar-refractivity contribution in [3.63, 3.8) is 0 Å². The zero-order valence-corrected chi connectivity index (χ0v) is 9.66. The minimum Gasteiger partial charge on any atom is -0.497 e. The van der Waals surface area contributed by atoms with Crippen molar-refractivity contribution < 1.29 is 9.47 Å². The van der Waals surface area contributed by atoms with E-state index >= 15 is 0 Å². The van der Waals surface area contributed by atoms with Gasteiger partial charge in [-0.2, -0.15) is 0 Å². The quantitative estimate of drug-likeness (QED) is 0.754. The summed E-state index contributed by atoms with van der Waals surface area (Å²) in [5.74, 6) is 1.39. The Morgan fingerprint density at radius 2 is 1.85 bits per heavy atom. The van der Waals surface area contributed by atoms with Gasteiger partial charge in [-0.05, 0) is 12.1 Å². The molecule has 0 bridgehead atoms. The zero-order chi connectivity index (χ0) is 9.84. The van der Waals surface area contributed by atoms with E-state index in [0.717, 1.165) is 11.1 Å². The van der Waals surface area contributed by atoms with Gasteiger partial charge in [0.1, 0.15) is 18.1 Å². The molecule has 2 nitrogen and oxygen atoms in total. The van der Waals surface area contributed by atoms with Gasteiger partial charge in [-0.25, -0.2) is 0 Å². The minimum absolute atomic E-state index is 0.662. The van der Waals surface area contributed by atoms with Crippen molar-refractivity contribution in [3.05, 3.63) is 18.2 Å². The molecule has 0 unspecified atom stereocenters.